The maximum absolute atomic E-state index is 11.3. The molecule has 2 heterocycles. The third kappa shape index (κ3) is 2.18. The van der Waals surface area contributed by atoms with E-state index in [2.05, 4.69) is 10.3 Å². The summed E-state index contributed by atoms with van der Waals surface area (Å²) in [6.45, 7) is 2.96. The molecule has 1 aromatic rings. The topological polar surface area (TPSA) is 56.2 Å². The highest BCUT2D eigenvalue weighted by molar-refractivity contribution is 4.82. The smallest absolute Gasteiger partial charge is 0.347 e. The van der Waals surface area contributed by atoms with Crippen molar-refractivity contribution in [1.29, 1.82) is 0 Å². The molecule has 1 aliphatic heterocycles. The maximum atomic E-state index is 11.3. The van der Waals surface area contributed by atoms with Gasteiger partial charge in [0.1, 0.15) is 0 Å². The molecule has 0 spiro atoms. The molecular formula is C9H13N3O2. The van der Waals surface area contributed by atoms with Crippen LogP contribution in [0.1, 0.15) is 0 Å². The molecule has 5 nitrogen and oxygen atoms in total. The molecule has 1 aliphatic rings. The van der Waals surface area contributed by atoms with E-state index in [-0.39, 0.29) is 11.8 Å². The van der Waals surface area contributed by atoms with Gasteiger partial charge in [-0.15, -0.1) is 0 Å². The van der Waals surface area contributed by atoms with Gasteiger partial charge in [-0.3, -0.25) is 4.57 Å². The average molecular weight is 195 g/mol. The number of nitrogens with one attached hydrogen (secondary N) is 1. The largest absolute Gasteiger partial charge is 0.374 e. The molecular weight excluding hydrogens is 182 g/mol. The van der Waals surface area contributed by atoms with E-state index in [0.717, 1.165) is 13.1 Å². The molecule has 0 saturated carbocycles. The third-order valence-electron chi connectivity index (χ3n) is 2.19. The first-order chi connectivity index (χ1) is 6.86. The predicted molar refractivity (Wildman–Crippen MR) is 51.1 cm³/mol. The minimum Gasteiger partial charge on any atom is -0.374 e. The molecule has 2 rings (SSSR count). The summed E-state index contributed by atoms with van der Waals surface area (Å²) in [5, 5.41) is 3.21. The molecule has 0 aliphatic carbocycles. The zero-order valence-corrected chi connectivity index (χ0v) is 7.85. The van der Waals surface area contributed by atoms with Crippen molar-refractivity contribution in [2.24, 2.45) is 0 Å². The number of hydrogen-bond donors (Lipinski definition) is 1. The van der Waals surface area contributed by atoms with E-state index in [9.17, 15) is 4.79 Å². The first-order valence-corrected chi connectivity index (χ1v) is 4.70. The van der Waals surface area contributed by atoms with Crippen LogP contribution >= 0.6 is 0 Å². The second-order valence-corrected chi connectivity index (χ2v) is 3.25. The number of rotatable bonds is 2. The second-order valence-electron chi connectivity index (χ2n) is 3.25. The fraction of sp³-hybridized carbons (Fsp3) is 0.556. The Morgan fingerprint density at radius 3 is 3.36 bits per heavy atom. The van der Waals surface area contributed by atoms with Crippen molar-refractivity contribution in [3.8, 4) is 0 Å². The summed E-state index contributed by atoms with van der Waals surface area (Å²) >= 11 is 0. The van der Waals surface area contributed by atoms with Crippen molar-refractivity contribution in [3.63, 3.8) is 0 Å². The third-order valence-corrected chi connectivity index (χ3v) is 2.19. The lowest BCUT2D eigenvalue weighted by Gasteiger charge is -2.23. The zero-order valence-electron chi connectivity index (χ0n) is 7.85. The van der Waals surface area contributed by atoms with Crippen LogP contribution in [-0.4, -0.2) is 35.4 Å². The SMILES string of the molecule is O=c1ncccn1CC1CNCCO1. The number of ether oxygens (including phenoxy) is 1. The average Bonchev–Trinajstić information content (AvgIpc) is 2.23. The van der Waals surface area contributed by atoms with Gasteiger partial charge < -0.3 is 10.1 Å². The fourth-order valence-corrected chi connectivity index (χ4v) is 1.48. The van der Waals surface area contributed by atoms with Crippen molar-refractivity contribution in [1.82, 2.24) is 14.9 Å². The Hall–Kier alpha value is -1.20. The molecule has 76 valence electrons. The van der Waals surface area contributed by atoms with Gasteiger partial charge in [-0.1, -0.05) is 0 Å². The summed E-state index contributed by atoms with van der Waals surface area (Å²) in [5.74, 6) is 0. The Balaban J connectivity index is 2.03. The van der Waals surface area contributed by atoms with Gasteiger partial charge in [0.2, 0.25) is 0 Å². The molecule has 0 radical (unpaired) electrons. The standard InChI is InChI=1S/C9H13N3O2/c13-9-11-2-1-4-12(9)7-8-6-10-3-5-14-8/h1-2,4,8,10H,3,5-7H2. The Bertz CT molecular complexity index is 344. The zero-order chi connectivity index (χ0) is 9.80. The normalized spacial score (nSPS) is 22.1. The van der Waals surface area contributed by atoms with E-state index in [4.69, 9.17) is 4.74 Å². The van der Waals surface area contributed by atoms with E-state index in [0.29, 0.717) is 13.2 Å². The Morgan fingerprint density at radius 1 is 1.71 bits per heavy atom. The van der Waals surface area contributed by atoms with E-state index in [1.165, 1.54) is 6.20 Å². The molecule has 1 saturated heterocycles. The Kier molecular flexibility index (Phi) is 2.90. The summed E-state index contributed by atoms with van der Waals surface area (Å²) in [4.78, 5) is 14.9. The van der Waals surface area contributed by atoms with Crippen LogP contribution in [0.2, 0.25) is 0 Å². The molecule has 14 heavy (non-hydrogen) atoms. The van der Waals surface area contributed by atoms with Crippen molar-refractivity contribution < 1.29 is 4.74 Å². The Labute approximate surface area is 81.7 Å². The molecule has 5 heteroatoms. The Morgan fingerprint density at radius 2 is 2.64 bits per heavy atom. The molecule has 1 N–H and O–H groups in total. The minimum atomic E-state index is -0.221. The van der Waals surface area contributed by atoms with E-state index >= 15 is 0 Å². The van der Waals surface area contributed by atoms with Gasteiger partial charge in [-0.25, -0.2) is 9.78 Å². The highest BCUT2D eigenvalue weighted by Gasteiger charge is 2.13. The van der Waals surface area contributed by atoms with Crippen LogP contribution in [0, 0.1) is 0 Å². The summed E-state index contributed by atoms with van der Waals surface area (Å²) < 4.78 is 7.05. The summed E-state index contributed by atoms with van der Waals surface area (Å²) in [6.07, 6.45) is 3.30. The van der Waals surface area contributed by atoms with Crippen molar-refractivity contribution >= 4 is 0 Å². The number of nitrogens with zero attached hydrogens (tertiary/aromatic N) is 2. The van der Waals surface area contributed by atoms with Gasteiger partial charge in [-0.2, -0.15) is 0 Å². The van der Waals surface area contributed by atoms with Crippen molar-refractivity contribution in [2.75, 3.05) is 19.7 Å². The second kappa shape index (κ2) is 4.34. The van der Waals surface area contributed by atoms with Gasteiger partial charge in [0.25, 0.3) is 0 Å². The minimum absolute atomic E-state index is 0.0747. The number of aromatic nitrogens is 2. The van der Waals surface area contributed by atoms with Crippen LogP contribution < -0.4 is 11.0 Å². The van der Waals surface area contributed by atoms with E-state index < -0.39 is 0 Å². The molecule has 0 aromatic carbocycles. The molecule has 1 unspecified atom stereocenters. The monoisotopic (exact) mass is 195 g/mol. The van der Waals surface area contributed by atoms with Gasteiger partial charge in [-0.05, 0) is 6.07 Å². The first-order valence-electron chi connectivity index (χ1n) is 4.70. The fourth-order valence-electron chi connectivity index (χ4n) is 1.48. The van der Waals surface area contributed by atoms with Gasteiger partial charge >= 0.3 is 5.69 Å². The lowest BCUT2D eigenvalue weighted by Crippen LogP contribution is -2.42. The highest BCUT2D eigenvalue weighted by Crippen LogP contribution is 1.97. The molecule has 1 aromatic heterocycles. The summed E-state index contributed by atoms with van der Waals surface area (Å²) in [6, 6.07) is 1.75. The molecule has 1 fully saturated rings. The first kappa shape index (κ1) is 9.36. The highest BCUT2D eigenvalue weighted by atomic mass is 16.5. The van der Waals surface area contributed by atoms with Gasteiger partial charge in [0, 0.05) is 25.5 Å². The van der Waals surface area contributed by atoms with E-state index in [1.54, 1.807) is 16.8 Å². The lowest BCUT2D eigenvalue weighted by molar-refractivity contribution is 0.0174. The van der Waals surface area contributed by atoms with E-state index in [1.807, 2.05) is 0 Å². The molecule has 0 bridgehead atoms. The summed E-state index contributed by atoms with van der Waals surface area (Å²) in [5.41, 5.74) is -0.221. The molecule has 0 amide bonds. The number of hydrogen-bond acceptors (Lipinski definition) is 4. The number of morpholine rings is 1. The summed E-state index contributed by atoms with van der Waals surface area (Å²) in [7, 11) is 0. The maximum Gasteiger partial charge on any atom is 0.347 e. The van der Waals surface area contributed by atoms with Crippen LogP contribution in [0.3, 0.4) is 0 Å². The van der Waals surface area contributed by atoms with Gasteiger partial charge in [0.15, 0.2) is 0 Å². The predicted octanol–water partition coefficient (Wildman–Crippen LogP) is -0.768. The van der Waals surface area contributed by atoms with Crippen LogP contribution in [0.5, 0.6) is 0 Å². The van der Waals surface area contributed by atoms with Crippen LogP contribution in [0.4, 0.5) is 0 Å². The quantitative estimate of drug-likeness (QED) is 0.673. The van der Waals surface area contributed by atoms with Crippen molar-refractivity contribution in [3.05, 3.63) is 28.9 Å². The van der Waals surface area contributed by atoms with Gasteiger partial charge in [0.05, 0.1) is 19.3 Å². The van der Waals surface area contributed by atoms with Crippen molar-refractivity contribution in [2.45, 2.75) is 12.6 Å². The molecule has 1 atom stereocenters. The van der Waals surface area contributed by atoms with Crippen LogP contribution in [0.15, 0.2) is 23.3 Å². The van der Waals surface area contributed by atoms with Crippen LogP contribution in [-0.2, 0) is 11.3 Å². The lowest BCUT2D eigenvalue weighted by atomic mass is 10.3. The van der Waals surface area contributed by atoms with Crippen LogP contribution in [0.25, 0.3) is 0 Å².